The molecule has 0 spiro atoms. The predicted molar refractivity (Wildman–Crippen MR) is 74.2 cm³/mol. The van der Waals surface area contributed by atoms with Gasteiger partial charge in [0.25, 0.3) is 0 Å². The summed E-state index contributed by atoms with van der Waals surface area (Å²) in [5, 5.41) is 0. The Morgan fingerprint density at radius 2 is 2.32 bits per heavy atom. The lowest BCUT2D eigenvalue weighted by Crippen LogP contribution is -2.50. The molecule has 1 saturated heterocycles. The second kappa shape index (κ2) is 5.86. The molecule has 2 rings (SSSR count). The summed E-state index contributed by atoms with van der Waals surface area (Å²) in [7, 11) is 1.62. The minimum Gasteiger partial charge on any atom is -0.481 e. The summed E-state index contributed by atoms with van der Waals surface area (Å²) < 4.78 is 10.8. The van der Waals surface area contributed by atoms with Gasteiger partial charge in [-0.1, -0.05) is 6.07 Å². The third-order valence-electron chi connectivity index (χ3n) is 3.47. The quantitative estimate of drug-likeness (QED) is 0.886. The third kappa shape index (κ3) is 3.43. The maximum Gasteiger partial charge on any atom is 0.212 e. The molecule has 106 valence electrons. The fourth-order valence-electron chi connectivity index (χ4n) is 2.52. The smallest absolute Gasteiger partial charge is 0.212 e. The normalized spacial score (nSPS) is 21.1. The van der Waals surface area contributed by atoms with Gasteiger partial charge in [-0.15, -0.1) is 0 Å². The van der Waals surface area contributed by atoms with Crippen LogP contribution in [0.5, 0.6) is 5.88 Å². The second-order valence-electron chi connectivity index (χ2n) is 5.46. The molecule has 1 aromatic rings. The van der Waals surface area contributed by atoms with Crippen molar-refractivity contribution in [2.75, 3.05) is 33.4 Å². The summed E-state index contributed by atoms with van der Waals surface area (Å²) in [6.45, 7) is 7.31. The number of morpholine rings is 1. The predicted octanol–water partition coefficient (Wildman–Crippen LogP) is 1.20. The van der Waals surface area contributed by atoms with Gasteiger partial charge in [-0.2, -0.15) is 0 Å². The van der Waals surface area contributed by atoms with Crippen molar-refractivity contribution < 1.29 is 9.47 Å². The molecule has 1 aliphatic rings. The van der Waals surface area contributed by atoms with Crippen LogP contribution in [0, 0.1) is 0 Å². The molecular weight excluding hydrogens is 242 g/mol. The highest BCUT2D eigenvalue weighted by Gasteiger charge is 2.31. The standard InChI is InChI=1S/C14H23N3O2/c1-14(2)10-17(6-7-19-14)12(8-15)11-4-5-13(18-3)16-9-11/h4-5,9,12H,6-8,10,15H2,1-3H3. The summed E-state index contributed by atoms with van der Waals surface area (Å²) in [5.74, 6) is 0.627. The van der Waals surface area contributed by atoms with Crippen LogP contribution in [-0.4, -0.2) is 48.8 Å². The lowest BCUT2D eigenvalue weighted by atomic mass is 10.0. The van der Waals surface area contributed by atoms with E-state index in [0.29, 0.717) is 12.4 Å². The molecular formula is C14H23N3O2. The highest BCUT2D eigenvalue weighted by atomic mass is 16.5. The average molecular weight is 265 g/mol. The van der Waals surface area contributed by atoms with Crippen molar-refractivity contribution in [1.82, 2.24) is 9.88 Å². The number of nitrogens with zero attached hydrogens (tertiary/aromatic N) is 2. The van der Waals surface area contributed by atoms with Crippen LogP contribution in [0.3, 0.4) is 0 Å². The molecule has 1 aliphatic heterocycles. The van der Waals surface area contributed by atoms with Gasteiger partial charge in [-0.25, -0.2) is 4.98 Å². The van der Waals surface area contributed by atoms with Crippen molar-refractivity contribution in [3.63, 3.8) is 0 Å². The van der Waals surface area contributed by atoms with Gasteiger partial charge >= 0.3 is 0 Å². The Bertz CT molecular complexity index is 406. The van der Waals surface area contributed by atoms with E-state index in [0.717, 1.165) is 25.3 Å². The van der Waals surface area contributed by atoms with Crippen LogP contribution in [0.15, 0.2) is 18.3 Å². The van der Waals surface area contributed by atoms with Gasteiger partial charge < -0.3 is 15.2 Å². The number of ether oxygens (including phenoxy) is 2. The van der Waals surface area contributed by atoms with E-state index in [1.165, 1.54) is 0 Å². The first kappa shape index (κ1) is 14.2. The molecule has 0 aromatic carbocycles. The van der Waals surface area contributed by atoms with Crippen LogP contribution in [0.2, 0.25) is 0 Å². The number of nitrogens with two attached hydrogens (primary N) is 1. The summed E-state index contributed by atoms with van der Waals surface area (Å²) in [6.07, 6.45) is 1.85. The monoisotopic (exact) mass is 265 g/mol. The molecule has 1 unspecified atom stereocenters. The number of rotatable bonds is 4. The summed E-state index contributed by atoms with van der Waals surface area (Å²) in [4.78, 5) is 6.63. The van der Waals surface area contributed by atoms with Crippen LogP contribution in [-0.2, 0) is 4.74 Å². The van der Waals surface area contributed by atoms with Crippen molar-refractivity contribution in [1.29, 1.82) is 0 Å². The van der Waals surface area contributed by atoms with Crippen molar-refractivity contribution in [3.8, 4) is 5.88 Å². The lowest BCUT2D eigenvalue weighted by molar-refractivity contribution is -0.0967. The number of hydrogen-bond acceptors (Lipinski definition) is 5. The van der Waals surface area contributed by atoms with E-state index in [9.17, 15) is 0 Å². The van der Waals surface area contributed by atoms with Gasteiger partial charge in [0.05, 0.1) is 19.3 Å². The van der Waals surface area contributed by atoms with Crippen LogP contribution < -0.4 is 10.5 Å². The van der Waals surface area contributed by atoms with E-state index in [4.69, 9.17) is 15.2 Å². The molecule has 0 amide bonds. The molecule has 1 atom stereocenters. The number of pyridine rings is 1. The van der Waals surface area contributed by atoms with E-state index < -0.39 is 0 Å². The highest BCUT2D eigenvalue weighted by molar-refractivity contribution is 5.21. The first-order valence-corrected chi connectivity index (χ1v) is 6.64. The van der Waals surface area contributed by atoms with Gasteiger partial charge in [0.1, 0.15) is 0 Å². The van der Waals surface area contributed by atoms with Gasteiger partial charge in [-0.3, -0.25) is 4.90 Å². The molecule has 2 N–H and O–H groups in total. The molecule has 0 aliphatic carbocycles. The topological polar surface area (TPSA) is 60.6 Å². The third-order valence-corrected chi connectivity index (χ3v) is 3.47. The number of aromatic nitrogens is 1. The van der Waals surface area contributed by atoms with Crippen LogP contribution in [0.4, 0.5) is 0 Å². The maximum atomic E-state index is 5.95. The van der Waals surface area contributed by atoms with Crippen molar-refractivity contribution in [2.24, 2.45) is 5.73 Å². The Morgan fingerprint density at radius 3 is 2.84 bits per heavy atom. The first-order valence-electron chi connectivity index (χ1n) is 6.64. The van der Waals surface area contributed by atoms with Crippen LogP contribution in [0.25, 0.3) is 0 Å². The maximum absolute atomic E-state index is 5.95. The minimum atomic E-state index is -0.119. The van der Waals surface area contributed by atoms with Gasteiger partial charge in [0, 0.05) is 37.9 Å². The van der Waals surface area contributed by atoms with Gasteiger partial charge in [0.15, 0.2) is 0 Å². The van der Waals surface area contributed by atoms with Gasteiger partial charge in [0.2, 0.25) is 5.88 Å². The molecule has 2 heterocycles. The van der Waals surface area contributed by atoms with E-state index in [-0.39, 0.29) is 11.6 Å². The molecule has 0 saturated carbocycles. The largest absolute Gasteiger partial charge is 0.481 e. The summed E-state index contributed by atoms with van der Waals surface area (Å²) in [6, 6.07) is 4.09. The molecule has 5 heteroatoms. The molecule has 19 heavy (non-hydrogen) atoms. The van der Waals surface area contributed by atoms with Crippen molar-refractivity contribution in [3.05, 3.63) is 23.9 Å². The molecule has 1 aromatic heterocycles. The zero-order valence-corrected chi connectivity index (χ0v) is 11.9. The van der Waals surface area contributed by atoms with E-state index in [2.05, 4.69) is 23.7 Å². The second-order valence-corrected chi connectivity index (χ2v) is 5.46. The minimum absolute atomic E-state index is 0.119. The van der Waals surface area contributed by atoms with Crippen molar-refractivity contribution in [2.45, 2.75) is 25.5 Å². The Balaban J connectivity index is 2.14. The Hall–Kier alpha value is -1.17. The fraction of sp³-hybridized carbons (Fsp3) is 0.643. The Morgan fingerprint density at radius 1 is 1.53 bits per heavy atom. The fourth-order valence-corrected chi connectivity index (χ4v) is 2.52. The summed E-state index contributed by atoms with van der Waals surface area (Å²) in [5.41, 5.74) is 6.96. The highest BCUT2D eigenvalue weighted by Crippen LogP contribution is 2.26. The Labute approximate surface area is 114 Å². The number of methoxy groups -OCH3 is 1. The SMILES string of the molecule is COc1ccc(C(CN)N2CCOC(C)(C)C2)cn1. The molecule has 5 nitrogen and oxygen atoms in total. The van der Waals surface area contributed by atoms with E-state index >= 15 is 0 Å². The Kier molecular flexibility index (Phi) is 4.39. The van der Waals surface area contributed by atoms with Crippen LogP contribution >= 0.6 is 0 Å². The molecule has 0 bridgehead atoms. The zero-order chi connectivity index (χ0) is 13.9. The average Bonchev–Trinajstić information content (AvgIpc) is 2.39. The first-order chi connectivity index (χ1) is 9.05. The van der Waals surface area contributed by atoms with Crippen molar-refractivity contribution >= 4 is 0 Å². The zero-order valence-electron chi connectivity index (χ0n) is 11.9. The summed E-state index contributed by atoms with van der Waals surface area (Å²) >= 11 is 0. The van der Waals surface area contributed by atoms with Gasteiger partial charge in [-0.05, 0) is 19.4 Å². The molecule has 1 fully saturated rings. The van der Waals surface area contributed by atoms with Crippen LogP contribution in [0.1, 0.15) is 25.5 Å². The number of hydrogen-bond donors (Lipinski definition) is 1. The van der Waals surface area contributed by atoms with E-state index in [1.54, 1.807) is 7.11 Å². The lowest BCUT2D eigenvalue weighted by Gasteiger charge is -2.42. The van der Waals surface area contributed by atoms with E-state index in [1.807, 2.05) is 18.3 Å². The molecule has 0 radical (unpaired) electrons.